The van der Waals surface area contributed by atoms with Crippen LogP contribution >= 0.6 is 0 Å². The number of morpholine rings is 1. The van der Waals surface area contributed by atoms with Gasteiger partial charge in [0.2, 0.25) is 0 Å². The third-order valence-corrected chi connectivity index (χ3v) is 4.96. The quantitative estimate of drug-likeness (QED) is 0.722. The maximum atomic E-state index is 13.4. The van der Waals surface area contributed by atoms with Crippen LogP contribution in [0.4, 0.5) is 10.1 Å². The Labute approximate surface area is 169 Å². The first-order valence-corrected chi connectivity index (χ1v) is 9.61. The molecule has 0 bridgehead atoms. The summed E-state index contributed by atoms with van der Waals surface area (Å²) in [4.78, 5) is 19.4. The predicted molar refractivity (Wildman–Crippen MR) is 109 cm³/mol. The molecule has 2 aromatic carbocycles. The van der Waals surface area contributed by atoms with E-state index in [1.807, 2.05) is 36.4 Å². The molecule has 2 heterocycles. The van der Waals surface area contributed by atoms with E-state index in [-0.39, 0.29) is 11.7 Å². The van der Waals surface area contributed by atoms with Gasteiger partial charge in [-0.3, -0.25) is 9.78 Å². The lowest BCUT2D eigenvalue weighted by Crippen LogP contribution is -2.36. The van der Waals surface area contributed by atoms with E-state index in [9.17, 15) is 9.18 Å². The smallest absolute Gasteiger partial charge is 0.270 e. The van der Waals surface area contributed by atoms with Crippen LogP contribution in [0.15, 0.2) is 72.9 Å². The number of amides is 1. The molecule has 0 spiro atoms. The zero-order chi connectivity index (χ0) is 20.1. The fourth-order valence-corrected chi connectivity index (χ4v) is 3.43. The maximum absolute atomic E-state index is 13.4. The molecule has 0 radical (unpaired) electrons. The Morgan fingerprint density at radius 3 is 2.41 bits per heavy atom. The highest BCUT2D eigenvalue weighted by Gasteiger charge is 2.20. The highest BCUT2D eigenvalue weighted by molar-refractivity contribution is 5.93. The van der Waals surface area contributed by atoms with Gasteiger partial charge in [-0.2, -0.15) is 0 Å². The van der Waals surface area contributed by atoms with E-state index in [0.717, 1.165) is 29.9 Å². The summed E-state index contributed by atoms with van der Waals surface area (Å²) in [5, 5.41) is 3.05. The molecule has 0 aliphatic carbocycles. The first-order valence-electron chi connectivity index (χ1n) is 9.61. The van der Waals surface area contributed by atoms with Crippen LogP contribution in [0.5, 0.6) is 0 Å². The number of hydrogen-bond donors (Lipinski definition) is 1. The molecule has 1 aliphatic rings. The summed E-state index contributed by atoms with van der Waals surface area (Å²) in [6, 6.07) is 19.1. The lowest BCUT2D eigenvalue weighted by molar-refractivity contribution is 0.0938. The zero-order valence-electron chi connectivity index (χ0n) is 15.9. The van der Waals surface area contributed by atoms with E-state index >= 15 is 0 Å². The molecule has 3 aromatic rings. The fraction of sp³-hybridized carbons (Fsp3) is 0.217. The molecule has 1 aliphatic heterocycles. The average Bonchev–Trinajstić information content (AvgIpc) is 2.79. The Kier molecular flexibility index (Phi) is 5.81. The second-order valence-electron chi connectivity index (χ2n) is 6.87. The standard InChI is InChI=1S/C23H22FN3O2/c24-19-8-6-18(7-9-19)22(17-4-2-1-3-5-17)26-23(28)21-16-20(10-11-25-21)27-12-14-29-15-13-27/h1-11,16,22H,12-15H2,(H,26,28). The minimum absolute atomic E-state index is 0.279. The number of benzene rings is 2. The molecule has 1 saturated heterocycles. The maximum Gasteiger partial charge on any atom is 0.270 e. The monoisotopic (exact) mass is 391 g/mol. The highest BCUT2D eigenvalue weighted by atomic mass is 19.1. The minimum atomic E-state index is -0.404. The predicted octanol–water partition coefficient (Wildman–Crippen LogP) is 3.58. The summed E-state index contributed by atoms with van der Waals surface area (Å²) >= 11 is 0. The number of rotatable bonds is 5. The fourth-order valence-electron chi connectivity index (χ4n) is 3.43. The lowest BCUT2D eigenvalue weighted by Gasteiger charge is -2.29. The molecule has 1 aromatic heterocycles. The van der Waals surface area contributed by atoms with E-state index in [1.54, 1.807) is 24.4 Å². The lowest BCUT2D eigenvalue weighted by atomic mass is 9.98. The molecule has 1 fully saturated rings. The summed E-state index contributed by atoms with van der Waals surface area (Å²) in [5.74, 6) is -0.593. The van der Waals surface area contributed by atoms with Crippen molar-refractivity contribution in [3.8, 4) is 0 Å². The summed E-state index contributed by atoms with van der Waals surface area (Å²) < 4.78 is 18.8. The van der Waals surface area contributed by atoms with Crippen molar-refractivity contribution in [2.45, 2.75) is 6.04 Å². The first-order chi connectivity index (χ1) is 14.2. The van der Waals surface area contributed by atoms with Gasteiger partial charge >= 0.3 is 0 Å². The van der Waals surface area contributed by atoms with E-state index in [4.69, 9.17) is 4.74 Å². The number of nitrogens with zero attached hydrogens (tertiary/aromatic N) is 2. The SMILES string of the molecule is O=C(NC(c1ccccc1)c1ccc(F)cc1)c1cc(N2CCOCC2)ccn1. The molecular weight excluding hydrogens is 369 g/mol. The van der Waals surface area contributed by atoms with Gasteiger partial charge in [0.15, 0.2) is 0 Å². The van der Waals surface area contributed by atoms with Crippen LogP contribution in [0.2, 0.25) is 0 Å². The van der Waals surface area contributed by atoms with Gasteiger partial charge in [0, 0.05) is 25.0 Å². The van der Waals surface area contributed by atoms with Gasteiger partial charge in [-0.15, -0.1) is 0 Å². The Morgan fingerprint density at radius 2 is 1.69 bits per heavy atom. The molecule has 1 atom stereocenters. The second kappa shape index (κ2) is 8.84. The number of anilines is 1. The van der Waals surface area contributed by atoms with Crippen molar-refractivity contribution in [2.75, 3.05) is 31.2 Å². The van der Waals surface area contributed by atoms with Crippen molar-refractivity contribution in [3.63, 3.8) is 0 Å². The molecule has 1 N–H and O–H groups in total. The van der Waals surface area contributed by atoms with Crippen LogP contribution in [0.25, 0.3) is 0 Å². The van der Waals surface area contributed by atoms with Crippen LogP contribution in [0, 0.1) is 5.82 Å². The number of carbonyl (C=O) groups is 1. The largest absolute Gasteiger partial charge is 0.378 e. The third kappa shape index (κ3) is 4.60. The normalized spacial score (nSPS) is 15.0. The molecule has 29 heavy (non-hydrogen) atoms. The van der Waals surface area contributed by atoms with E-state index in [2.05, 4.69) is 15.2 Å². The average molecular weight is 391 g/mol. The Morgan fingerprint density at radius 1 is 1.00 bits per heavy atom. The Balaban J connectivity index is 1.59. The number of halogens is 1. The second-order valence-corrected chi connectivity index (χ2v) is 6.87. The molecule has 148 valence electrons. The van der Waals surface area contributed by atoms with Gasteiger partial charge in [0.25, 0.3) is 5.91 Å². The van der Waals surface area contributed by atoms with E-state index in [1.165, 1.54) is 12.1 Å². The number of hydrogen-bond acceptors (Lipinski definition) is 4. The number of pyridine rings is 1. The van der Waals surface area contributed by atoms with Gasteiger partial charge in [0.05, 0.1) is 19.3 Å². The van der Waals surface area contributed by atoms with Crippen molar-refractivity contribution in [2.24, 2.45) is 0 Å². The number of aromatic nitrogens is 1. The molecule has 0 saturated carbocycles. The van der Waals surface area contributed by atoms with E-state index in [0.29, 0.717) is 18.9 Å². The molecule has 1 unspecified atom stereocenters. The van der Waals surface area contributed by atoms with Gasteiger partial charge in [-0.1, -0.05) is 42.5 Å². The van der Waals surface area contributed by atoms with Crippen molar-refractivity contribution in [1.82, 2.24) is 10.3 Å². The highest BCUT2D eigenvalue weighted by Crippen LogP contribution is 2.23. The Bertz CT molecular complexity index is 957. The molecule has 5 nitrogen and oxygen atoms in total. The molecule has 4 rings (SSSR count). The summed E-state index contributed by atoms with van der Waals surface area (Å²) in [7, 11) is 0. The summed E-state index contributed by atoms with van der Waals surface area (Å²) in [6.45, 7) is 2.91. The van der Waals surface area contributed by atoms with Crippen LogP contribution in [-0.4, -0.2) is 37.2 Å². The van der Waals surface area contributed by atoms with Crippen molar-refractivity contribution in [1.29, 1.82) is 0 Å². The van der Waals surface area contributed by atoms with Crippen molar-refractivity contribution in [3.05, 3.63) is 95.6 Å². The van der Waals surface area contributed by atoms with Crippen molar-refractivity contribution >= 4 is 11.6 Å². The summed E-state index contributed by atoms with van der Waals surface area (Å²) in [5.41, 5.74) is 3.01. The Hall–Kier alpha value is -3.25. The minimum Gasteiger partial charge on any atom is -0.378 e. The molecular formula is C23H22FN3O2. The van der Waals surface area contributed by atoms with Gasteiger partial charge in [0.1, 0.15) is 11.5 Å². The zero-order valence-corrected chi connectivity index (χ0v) is 15.9. The van der Waals surface area contributed by atoms with Crippen LogP contribution in [-0.2, 0) is 4.74 Å². The first kappa shape index (κ1) is 19.1. The number of ether oxygens (including phenoxy) is 1. The number of nitrogens with one attached hydrogen (secondary N) is 1. The van der Waals surface area contributed by atoms with Gasteiger partial charge < -0.3 is 15.0 Å². The van der Waals surface area contributed by atoms with Crippen LogP contribution in [0.3, 0.4) is 0 Å². The molecule has 1 amide bonds. The van der Waals surface area contributed by atoms with Gasteiger partial charge in [-0.25, -0.2) is 4.39 Å². The van der Waals surface area contributed by atoms with Gasteiger partial charge in [-0.05, 0) is 35.4 Å². The molecule has 6 heteroatoms. The van der Waals surface area contributed by atoms with Crippen LogP contribution < -0.4 is 10.2 Å². The van der Waals surface area contributed by atoms with E-state index < -0.39 is 6.04 Å². The van der Waals surface area contributed by atoms with Crippen LogP contribution in [0.1, 0.15) is 27.7 Å². The van der Waals surface area contributed by atoms with Crippen molar-refractivity contribution < 1.29 is 13.9 Å². The number of carbonyl (C=O) groups excluding carboxylic acids is 1. The topological polar surface area (TPSA) is 54.5 Å². The summed E-state index contributed by atoms with van der Waals surface area (Å²) in [6.07, 6.45) is 1.65. The third-order valence-electron chi connectivity index (χ3n) is 4.96.